The smallest absolute Gasteiger partial charge is 0.185 e. The van der Waals surface area contributed by atoms with Gasteiger partial charge in [-0.3, -0.25) is 0 Å². The molecule has 2 aliphatic heterocycles. The number of aliphatic hydroxyl groups is 3. The number of nitrogens with two attached hydrogens (primary N) is 3. The first-order chi connectivity index (χ1) is 15.2. The van der Waals surface area contributed by atoms with Crippen LogP contribution in [0.1, 0.15) is 26.2 Å². The van der Waals surface area contributed by atoms with Gasteiger partial charge in [0.05, 0.1) is 30.9 Å². The second kappa shape index (κ2) is 11.3. The number of nitrogens with one attached hydrogen (secondary N) is 2. The van der Waals surface area contributed by atoms with Crippen LogP contribution in [-0.2, 0) is 18.9 Å². The van der Waals surface area contributed by atoms with Crippen molar-refractivity contribution in [1.29, 1.82) is 0 Å². The van der Waals surface area contributed by atoms with E-state index in [0.717, 1.165) is 6.42 Å². The van der Waals surface area contributed by atoms with Gasteiger partial charge in [-0.05, 0) is 40.3 Å². The zero-order valence-corrected chi connectivity index (χ0v) is 19.0. The van der Waals surface area contributed by atoms with Crippen LogP contribution in [0.3, 0.4) is 0 Å². The molecule has 0 aromatic heterocycles. The lowest BCUT2D eigenvalue weighted by Gasteiger charge is -2.47. The third-order valence-electron chi connectivity index (χ3n) is 6.93. The van der Waals surface area contributed by atoms with E-state index >= 15 is 0 Å². The van der Waals surface area contributed by atoms with Gasteiger partial charge in [0, 0.05) is 18.1 Å². The molecule has 0 aromatic rings. The molecule has 3 aliphatic rings. The molecule has 3 fully saturated rings. The van der Waals surface area contributed by atoms with Crippen molar-refractivity contribution < 1.29 is 34.3 Å². The van der Waals surface area contributed by atoms with Crippen molar-refractivity contribution in [2.75, 3.05) is 20.7 Å². The molecule has 3 rings (SSSR count). The maximum atomic E-state index is 11.1. The molecule has 0 aromatic carbocycles. The van der Waals surface area contributed by atoms with Crippen LogP contribution in [0.2, 0.25) is 0 Å². The molecule has 0 amide bonds. The Bertz CT molecular complexity index is 593. The van der Waals surface area contributed by atoms with Crippen molar-refractivity contribution in [3.8, 4) is 0 Å². The third-order valence-corrected chi connectivity index (χ3v) is 6.93. The Labute approximate surface area is 189 Å². The SMILES string of the molecule is CNC(C)C1CC[C@H](N)[C@@H](OC2[C@@H](O)[C@@H](O[C@H]3OC[C@H](O)[C@@H](NC)[C@@H]3O)[C@H](N)C[C@@H]2N)O1. The van der Waals surface area contributed by atoms with Crippen molar-refractivity contribution in [3.63, 3.8) is 0 Å². The molecule has 188 valence electrons. The zero-order valence-electron chi connectivity index (χ0n) is 19.0. The zero-order chi connectivity index (χ0) is 23.6. The molecule has 13 atom stereocenters. The number of ether oxygens (including phenoxy) is 4. The molecule has 32 heavy (non-hydrogen) atoms. The Hall–Kier alpha value is -0.480. The van der Waals surface area contributed by atoms with Crippen molar-refractivity contribution in [3.05, 3.63) is 0 Å². The van der Waals surface area contributed by atoms with Crippen molar-refractivity contribution in [2.24, 2.45) is 17.2 Å². The van der Waals surface area contributed by atoms with Gasteiger partial charge in [0.15, 0.2) is 12.6 Å². The molecule has 3 unspecified atom stereocenters. The summed E-state index contributed by atoms with van der Waals surface area (Å²) in [6.45, 7) is 1.99. The summed E-state index contributed by atoms with van der Waals surface area (Å²) >= 11 is 0. The maximum absolute atomic E-state index is 11.1. The molecule has 1 saturated carbocycles. The first kappa shape index (κ1) is 26.1. The maximum Gasteiger partial charge on any atom is 0.185 e. The number of likely N-dealkylation sites (N-methyl/N-ethyl adjacent to an activating group) is 2. The van der Waals surface area contributed by atoms with Crippen LogP contribution in [0.4, 0.5) is 0 Å². The van der Waals surface area contributed by atoms with Crippen LogP contribution in [0.15, 0.2) is 0 Å². The van der Waals surface area contributed by atoms with Crippen LogP contribution < -0.4 is 27.8 Å². The monoisotopic (exact) mass is 463 g/mol. The fourth-order valence-electron chi connectivity index (χ4n) is 4.74. The highest BCUT2D eigenvalue weighted by atomic mass is 16.7. The fraction of sp³-hybridized carbons (Fsp3) is 1.00. The lowest BCUT2D eigenvalue weighted by molar-refractivity contribution is -0.297. The van der Waals surface area contributed by atoms with Crippen LogP contribution in [0.25, 0.3) is 0 Å². The minimum atomic E-state index is -1.19. The van der Waals surface area contributed by atoms with E-state index in [0.29, 0.717) is 12.8 Å². The molecule has 12 nitrogen and oxygen atoms in total. The van der Waals surface area contributed by atoms with Crippen LogP contribution in [0, 0.1) is 0 Å². The second-order valence-electron chi connectivity index (χ2n) is 9.19. The quantitative estimate of drug-likeness (QED) is 0.184. The Kier molecular flexibility index (Phi) is 9.23. The summed E-state index contributed by atoms with van der Waals surface area (Å²) in [6, 6.07) is -2.04. The van der Waals surface area contributed by atoms with Gasteiger partial charge in [0.25, 0.3) is 0 Å². The minimum Gasteiger partial charge on any atom is -0.389 e. The average molecular weight is 464 g/mol. The van der Waals surface area contributed by atoms with Gasteiger partial charge in [0.2, 0.25) is 0 Å². The first-order valence-corrected chi connectivity index (χ1v) is 11.4. The molecular weight excluding hydrogens is 422 g/mol. The van der Waals surface area contributed by atoms with Gasteiger partial charge in [-0.1, -0.05) is 0 Å². The van der Waals surface area contributed by atoms with E-state index in [2.05, 4.69) is 10.6 Å². The molecule has 2 heterocycles. The van der Waals surface area contributed by atoms with E-state index in [4.69, 9.17) is 36.1 Å². The van der Waals surface area contributed by atoms with E-state index < -0.39 is 61.2 Å². The fourth-order valence-corrected chi connectivity index (χ4v) is 4.74. The van der Waals surface area contributed by atoms with E-state index in [1.165, 1.54) is 0 Å². The Balaban J connectivity index is 1.67. The normalized spacial score (nSPS) is 49.0. The van der Waals surface area contributed by atoms with Gasteiger partial charge >= 0.3 is 0 Å². The third kappa shape index (κ3) is 5.59. The largest absolute Gasteiger partial charge is 0.389 e. The second-order valence-corrected chi connectivity index (χ2v) is 9.19. The summed E-state index contributed by atoms with van der Waals surface area (Å²) in [5, 5.41) is 37.6. The van der Waals surface area contributed by atoms with Gasteiger partial charge in [-0.2, -0.15) is 0 Å². The molecule has 11 N–H and O–H groups in total. The van der Waals surface area contributed by atoms with Crippen LogP contribution in [0.5, 0.6) is 0 Å². The van der Waals surface area contributed by atoms with Gasteiger partial charge in [-0.25, -0.2) is 0 Å². The van der Waals surface area contributed by atoms with E-state index in [1.807, 2.05) is 14.0 Å². The molecular formula is C20H41N5O7. The van der Waals surface area contributed by atoms with Crippen molar-refractivity contribution in [2.45, 2.75) is 106 Å². The average Bonchev–Trinajstić information content (AvgIpc) is 2.76. The number of hydrogen-bond donors (Lipinski definition) is 8. The molecule has 0 bridgehead atoms. The van der Waals surface area contributed by atoms with Crippen LogP contribution in [-0.4, -0.2) is 115 Å². The molecule has 0 radical (unpaired) electrons. The topological polar surface area (TPSA) is 200 Å². The summed E-state index contributed by atoms with van der Waals surface area (Å²) in [5.74, 6) is 0. The summed E-state index contributed by atoms with van der Waals surface area (Å²) in [6.07, 6.45) is -5.01. The standard InChI is InChI=1S/C20H41N5O7/c1-8(24-2)13-5-4-9(21)19(30-13)31-17-10(22)6-11(23)18(16(17)28)32-20-15(27)14(25-3)12(26)7-29-20/h8-20,24-28H,4-7,21-23H2,1-3H3/t8?,9-,10-,11+,12-,13?,14+,15-,16+,17?,18-,19+,20+/m0/s1. The Morgan fingerprint density at radius 1 is 0.906 bits per heavy atom. The summed E-state index contributed by atoms with van der Waals surface area (Å²) in [4.78, 5) is 0. The lowest BCUT2D eigenvalue weighted by atomic mass is 9.84. The molecule has 0 spiro atoms. The molecule has 1 aliphatic carbocycles. The van der Waals surface area contributed by atoms with E-state index in [-0.39, 0.29) is 24.8 Å². The highest BCUT2D eigenvalue weighted by molar-refractivity contribution is 5.00. The Morgan fingerprint density at radius 2 is 1.53 bits per heavy atom. The van der Waals surface area contributed by atoms with Crippen molar-refractivity contribution >= 4 is 0 Å². The number of aliphatic hydroxyl groups excluding tert-OH is 3. The number of rotatable bonds is 7. The number of hydrogen-bond acceptors (Lipinski definition) is 12. The molecule has 12 heteroatoms. The lowest BCUT2D eigenvalue weighted by Crippen LogP contribution is -2.67. The highest BCUT2D eigenvalue weighted by Gasteiger charge is 2.48. The highest BCUT2D eigenvalue weighted by Crippen LogP contribution is 2.30. The van der Waals surface area contributed by atoms with E-state index in [9.17, 15) is 15.3 Å². The predicted octanol–water partition coefficient (Wildman–Crippen LogP) is -3.72. The van der Waals surface area contributed by atoms with E-state index in [1.54, 1.807) is 7.05 Å². The van der Waals surface area contributed by atoms with Crippen molar-refractivity contribution in [1.82, 2.24) is 10.6 Å². The summed E-state index contributed by atoms with van der Waals surface area (Å²) in [7, 11) is 3.49. The molecule has 2 saturated heterocycles. The van der Waals surface area contributed by atoms with Crippen LogP contribution >= 0.6 is 0 Å². The predicted molar refractivity (Wildman–Crippen MR) is 115 cm³/mol. The van der Waals surface area contributed by atoms with Gasteiger partial charge < -0.3 is 62.1 Å². The summed E-state index contributed by atoms with van der Waals surface area (Å²) in [5.41, 5.74) is 18.7. The Morgan fingerprint density at radius 3 is 2.12 bits per heavy atom. The van der Waals surface area contributed by atoms with Gasteiger partial charge in [0.1, 0.15) is 24.4 Å². The summed E-state index contributed by atoms with van der Waals surface area (Å²) < 4.78 is 23.5. The van der Waals surface area contributed by atoms with Gasteiger partial charge in [-0.15, -0.1) is 0 Å². The first-order valence-electron chi connectivity index (χ1n) is 11.4. The minimum absolute atomic E-state index is 0.0272.